The molecule has 0 spiro atoms. The van der Waals surface area contributed by atoms with Crippen molar-refractivity contribution in [1.29, 1.82) is 0 Å². The Labute approximate surface area is 129 Å². The van der Waals surface area contributed by atoms with Crippen LogP contribution in [0.4, 0.5) is 5.69 Å². The maximum absolute atomic E-state index is 12.4. The van der Waals surface area contributed by atoms with Gasteiger partial charge in [-0.3, -0.25) is 19.0 Å². The van der Waals surface area contributed by atoms with Gasteiger partial charge in [-0.15, -0.1) is 0 Å². The summed E-state index contributed by atoms with van der Waals surface area (Å²) in [7, 11) is 0. The molecule has 114 valence electrons. The summed E-state index contributed by atoms with van der Waals surface area (Å²) < 4.78 is 8.02. The van der Waals surface area contributed by atoms with E-state index in [-0.39, 0.29) is 18.0 Å². The van der Waals surface area contributed by atoms with Gasteiger partial charge in [-0.05, 0) is 12.1 Å². The fourth-order valence-electron chi connectivity index (χ4n) is 2.42. The Kier molecular flexibility index (Phi) is 2.94. The first kappa shape index (κ1) is 13.3. The number of aromatic nitrogens is 4. The molecule has 23 heavy (non-hydrogen) atoms. The molecule has 4 aromatic rings. The molecule has 1 N–H and O–H groups in total. The molecule has 0 aliphatic heterocycles. The van der Waals surface area contributed by atoms with Gasteiger partial charge in [-0.25, -0.2) is 4.68 Å². The molecular formula is C15H11N5O3. The van der Waals surface area contributed by atoms with Crippen LogP contribution < -0.4 is 10.9 Å². The number of fused-ring (bicyclic) bond motifs is 3. The Morgan fingerprint density at radius 2 is 2.22 bits per heavy atom. The first-order chi connectivity index (χ1) is 11.2. The molecule has 0 fully saturated rings. The van der Waals surface area contributed by atoms with Crippen LogP contribution in [0.25, 0.3) is 16.6 Å². The first-order valence-electron chi connectivity index (χ1n) is 6.86. The first-order valence-corrected chi connectivity index (χ1v) is 6.86. The van der Waals surface area contributed by atoms with E-state index < -0.39 is 0 Å². The Morgan fingerprint density at radius 3 is 3.04 bits per heavy atom. The Bertz CT molecular complexity index is 1060. The summed E-state index contributed by atoms with van der Waals surface area (Å²) in [5.74, 6) is -0.354. The summed E-state index contributed by atoms with van der Waals surface area (Å²) in [6.45, 7) is -0.184. The van der Waals surface area contributed by atoms with Crippen LogP contribution in [0.3, 0.4) is 0 Å². The molecule has 1 amide bonds. The molecule has 0 aliphatic carbocycles. The van der Waals surface area contributed by atoms with Crippen LogP contribution in [0.1, 0.15) is 0 Å². The predicted octanol–water partition coefficient (Wildman–Crippen LogP) is 1.28. The van der Waals surface area contributed by atoms with Crippen LogP contribution in [-0.4, -0.2) is 25.1 Å². The molecule has 4 rings (SSSR count). The minimum absolute atomic E-state index is 0.184. The van der Waals surface area contributed by atoms with E-state index in [9.17, 15) is 9.59 Å². The summed E-state index contributed by atoms with van der Waals surface area (Å²) in [6, 6.07) is 6.81. The quantitative estimate of drug-likeness (QED) is 0.615. The van der Waals surface area contributed by atoms with Gasteiger partial charge in [0.2, 0.25) is 5.91 Å². The van der Waals surface area contributed by atoms with Crippen molar-refractivity contribution in [2.45, 2.75) is 6.54 Å². The van der Waals surface area contributed by atoms with Gasteiger partial charge in [0, 0.05) is 18.3 Å². The number of carbonyl (C=O) groups excluding carboxylic acids is 1. The van der Waals surface area contributed by atoms with E-state index in [1.807, 2.05) is 0 Å². The van der Waals surface area contributed by atoms with Crippen molar-refractivity contribution in [3.8, 4) is 0 Å². The predicted molar refractivity (Wildman–Crippen MR) is 82.1 cm³/mol. The Morgan fingerprint density at radius 1 is 1.30 bits per heavy atom. The third-order valence-corrected chi connectivity index (χ3v) is 3.46. The highest BCUT2D eigenvalue weighted by Gasteiger charge is 2.12. The highest BCUT2D eigenvalue weighted by atomic mass is 16.3. The van der Waals surface area contributed by atoms with Gasteiger partial charge in [0.15, 0.2) is 5.58 Å². The number of carbonyl (C=O) groups is 1. The molecule has 4 aromatic heterocycles. The van der Waals surface area contributed by atoms with Crippen LogP contribution in [0, 0.1) is 0 Å². The fraction of sp³-hybridized carbons (Fsp3) is 0.0667. The summed E-state index contributed by atoms with van der Waals surface area (Å²) in [4.78, 5) is 28.4. The van der Waals surface area contributed by atoms with Crippen LogP contribution in [0.15, 0.2) is 58.5 Å². The molecule has 0 saturated heterocycles. The van der Waals surface area contributed by atoms with Crippen LogP contribution in [0.5, 0.6) is 0 Å². The molecule has 0 radical (unpaired) electrons. The topological polar surface area (TPSA) is 94.4 Å². The SMILES string of the molecule is O=C(Cn1ncn2c(cc3occc32)c1=O)Nc1cccnc1. The molecule has 0 saturated carbocycles. The van der Waals surface area contributed by atoms with Crippen molar-refractivity contribution >= 4 is 28.2 Å². The molecule has 0 unspecified atom stereocenters. The summed E-state index contributed by atoms with van der Waals surface area (Å²) in [6.07, 6.45) is 6.17. The highest BCUT2D eigenvalue weighted by Crippen LogP contribution is 2.18. The van der Waals surface area contributed by atoms with Crippen molar-refractivity contribution < 1.29 is 9.21 Å². The van der Waals surface area contributed by atoms with E-state index >= 15 is 0 Å². The number of amides is 1. The van der Waals surface area contributed by atoms with Gasteiger partial charge in [0.25, 0.3) is 5.56 Å². The van der Waals surface area contributed by atoms with E-state index in [0.717, 1.165) is 10.2 Å². The van der Waals surface area contributed by atoms with E-state index in [0.29, 0.717) is 16.8 Å². The average molecular weight is 309 g/mol. The fourth-order valence-corrected chi connectivity index (χ4v) is 2.42. The smallest absolute Gasteiger partial charge is 0.291 e. The maximum Gasteiger partial charge on any atom is 0.291 e. The van der Waals surface area contributed by atoms with Crippen molar-refractivity contribution in [3.05, 3.63) is 59.6 Å². The van der Waals surface area contributed by atoms with E-state index in [1.165, 1.54) is 12.5 Å². The average Bonchev–Trinajstić information content (AvgIpc) is 3.12. The number of rotatable bonds is 3. The van der Waals surface area contributed by atoms with Crippen LogP contribution in [-0.2, 0) is 11.3 Å². The third kappa shape index (κ3) is 2.26. The largest absolute Gasteiger partial charge is 0.463 e. The maximum atomic E-state index is 12.4. The number of hydrogen-bond donors (Lipinski definition) is 1. The number of nitrogens with zero attached hydrogens (tertiary/aromatic N) is 4. The lowest BCUT2D eigenvalue weighted by Gasteiger charge is -2.06. The van der Waals surface area contributed by atoms with Crippen molar-refractivity contribution in [2.24, 2.45) is 0 Å². The monoisotopic (exact) mass is 309 g/mol. The normalized spacial score (nSPS) is 11.1. The second-order valence-corrected chi connectivity index (χ2v) is 4.95. The van der Waals surface area contributed by atoms with E-state index in [2.05, 4.69) is 15.4 Å². The van der Waals surface area contributed by atoms with Gasteiger partial charge in [-0.1, -0.05) is 0 Å². The van der Waals surface area contributed by atoms with Gasteiger partial charge < -0.3 is 9.73 Å². The number of anilines is 1. The minimum Gasteiger partial charge on any atom is -0.463 e. The second kappa shape index (κ2) is 5.09. The zero-order chi connectivity index (χ0) is 15.8. The van der Waals surface area contributed by atoms with Crippen molar-refractivity contribution in [1.82, 2.24) is 19.2 Å². The molecule has 0 aromatic carbocycles. The van der Waals surface area contributed by atoms with Crippen LogP contribution >= 0.6 is 0 Å². The van der Waals surface area contributed by atoms with Gasteiger partial charge in [-0.2, -0.15) is 5.10 Å². The molecular weight excluding hydrogens is 298 g/mol. The molecule has 0 atom stereocenters. The van der Waals surface area contributed by atoms with E-state index in [1.54, 1.807) is 41.1 Å². The lowest BCUT2D eigenvalue weighted by Crippen LogP contribution is -2.30. The zero-order valence-electron chi connectivity index (χ0n) is 11.8. The molecule has 8 nitrogen and oxygen atoms in total. The molecule has 0 aliphatic rings. The standard InChI is InChI=1S/C15H11N5O3/c21-14(18-10-2-1-4-16-7-10)8-20-15(22)12-6-13-11(3-5-23-13)19(12)9-17-20/h1-7,9H,8H2,(H,18,21). The summed E-state index contributed by atoms with van der Waals surface area (Å²) in [5.41, 5.74) is 1.97. The minimum atomic E-state index is -0.361. The highest BCUT2D eigenvalue weighted by molar-refractivity contribution is 5.90. The number of hydrogen-bond acceptors (Lipinski definition) is 5. The summed E-state index contributed by atoms with van der Waals surface area (Å²) in [5, 5.41) is 6.70. The lowest BCUT2D eigenvalue weighted by molar-refractivity contribution is -0.117. The zero-order valence-corrected chi connectivity index (χ0v) is 11.8. The Hall–Kier alpha value is -3.42. The third-order valence-electron chi connectivity index (χ3n) is 3.46. The van der Waals surface area contributed by atoms with Gasteiger partial charge in [0.1, 0.15) is 18.4 Å². The number of pyridine rings is 1. The number of furan rings is 1. The van der Waals surface area contributed by atoms with Gasteiger partial charge >= 0.3 is 0 Å². The van der Waals surface area contributed by atoms with E-state index in [4.69, 9.17) is 4.42 Å². The lowest BCUT2D eigenvalue weighted by atomic mass is 10.4. The molecule has 0 bridgehead atoms. The van der Waals surface area contributed by atoms with Crippen molar-refractivity contribution in [3.63, 3.8) is 0 Å². The van der Waals surface area contributed by atoms with Crippen LogP contribution in [0.2, 0.25) is 0 Å². The van der Waals surface area contributed by atoms with Crippen molar-refractivity contribution in [2.75, 3.05) is 5.32 Å². The molecule has 4 heterocycles. The second-order valence-electron chi connectivity index (χ2n) is 4.95. The van der Waals surface area contributed by atoms with Gasteiger partial charge in [0.05, 0.1) is 23.7 Å². The number of nitrogens with one attached hydrogen (secondary N) is 1. The summed E-state index contributed by atoms with van der Waals surface area (Å²) >= 11 is 0. The molecule has 8 heteroatoms. The Balaban J connectivity index is 1.65.